The molecule has 6 nitrogen and oxygen atoms in total. The van der Waals surface area contributed by atoms with Crippen LogP contribution in [-0.2, 0) is 12.8 Å². The number of guanidine groups is 1. The first-order valence-electron chi connectivity index (χ1n) is 10.4. The van der Waals surface area contributed by atoms with Crippen molar-refractivity contribution in [2.75, 3.05) is 34.3 Å². The number of nitrogens with one attached hydrogen (secondary N) is 1. The molecule has 3 N–H and O–H groups in total. The number of halogens is 2. The summed E-state index contributed by atoms with van der Waals surface area (Å²) in [5.74, 6) is -0.181. The van der Waals surface area contributed by atoms with Gasteiger partial charge < -0.3 is 15.4 Å². The van der Waals surface area contributed by atoms with Crippen LogP contribution in [0.3, 0.4) is 0 Å². The van der Waals surface area contributed by atoms with Crippen molar-refractivity contribution < 1.29 is 13.9 Å². The van der Waals surface area contributed by atoms with Crippen LogP contribution in [0.25, 0.3) is 0 Å². The number of hydrogen-bond acceptors (Lipinski definition) is 4. The maximum Gasteiger partial charge on any atom is 0.258 e. The standard InChI is InChI=1S/C24H32BrFN4O2/c1-24(2,15-30(3)4)14-28-23(27)29-22(31)19-7-6-8-20(26)18(19)11-9-16-13-17(25)10-12-21(16)32-5/h6-8,10,12-13H,9,11,14-15H2,1-5H3,(H3,27,28,29,31). The van der Waals surface area contributed by atoms with Gasteiger partial charge in [0.15, 0.2) is 5.96 Å². The van der Waals surface area contributed by atoms with E-state index in [0.717, 1.165) is 16.6 Å². The molecule has 0 aliphatic heterocycles. The zero-order chi connectivity index (χ0) is 23.9. The summed E-state index contributed by atoms with van der Waals surface area (Å²) >= 11 is 3.45. The van der Waals surface area contributed by atoms with Gasteiger partial charge in [0.25, 0.3) is 5.91 Å². The van der Waals surface area contributed by atoms with Crippen molar-refractivity contribution in [2.24, 2.45) is 16.1 Å². The number of ether oxygens (including phenoxy) is 1. The van der Waals surface area contributed by atoms with Crippen LogP contribution < -0.4 is 15.8 Å². The minimum absolute atomic E-state index is 0.0192. The number of aryl methyl sites for hydroxylation is 1. The Morgan fingerprint density at radius 3 is 2.62 bits per heavy atom. The van der Waals surface area contributed by atoms with Gasteiger partial charge in [0.1, 0.15) is 11.6 Å². The Morgan fingerprint density at radius 1 is 1.25 bits per heavy atom. The van der Waals surface area contributed by atoms with E-state index in [1.807, 2.05) is 32.3 Å². The van der Waals surface area contributed by atoms with E-state index in [9.17, 15) is 9.18 Å². The van der Waals surface area contributed by atoms with Gasteiger partial charge in [-0.3, -0.25) is 15.1 Å². The monoisotopic (exact) mass is 506 g/mol. The van der Waals surface area contributed by atoms with Gasteiger partial charge in [-0.05, 0) is 68.2 Å². The first kappa shape index (κ1) is 25.8. The molecule has 32 heavy (non-hydrogen) atoms. The topological polar surface area (TPSA) is 79.9 Å². The zero-order valence-corrected chi connectivity index (χ0v) is 20.9. The molecule has 8 heteroatoms. The van der Waals surface area contributed by atoms with E-state index in [0.29, 0.717) is 30.7 Å². The minimum atomic E-state index is -0.479. The maximum atomic E-state index is 14.7. The van der Waals surface area contributed by atoms with Crippen molar-refractivity contribution in [1.82, 2.24) is 10.2 Å². The number of hydrogen-bond donors (Lipinski definition) is 2. The number of nitrogens with two attached hydrogens (primary N) is 1. The van der Waals surface area contributed by atoms with E-state index < -0.39 is 11.7 Å². The predicted molar refractivity (Wildman–Crippen MR) is 131 cm³/mol. The van der Waals surface area contributed by atoms with E-state index in [1.165, 1.54) is 12.1 Å². The number of aliphatic imine (C=N–C) groups is 1. The largest absolute Gasteiger partial charge is 0.496 e. The Morgan fingerprint density at radius 2 is 1.97 bits per heavy atom. The molecule has 0 aliphatic carbocycles. The molecule has 2 aromatic carbocycles. The fraction of sp³-hybridized carbons (Fsp3) is 0.417. The second-order valence-corrected chi connectivity index (χ2v) is 9.70. The number of rotatable bonds is 9. The second kappa shape index (κ2) is 11.4. The van der Waals surface area contributed by atoms with Crippen molar-refractivity contribution in [3.8, 4) is 5.75 Å². The molecule has 0 heterocycles. The van der Waals surface area contributed by atoms with Crippen LogP contribution in [0.1, 0.15) is 35.3 Å². The molecule has 0 aliphatic rings. The van der Waals surface area contributed by atoms with Crippen LogP contribution in [0.15, 0.2) is 45.9 Å². The average molecular weight is 507 g/mol. The Hall–Kier alpha value is -2.45. The molecular weight excluding hydrogens is 475 g/mol. The summed E-state index contributed by atoms with van der Waals surface area (Å²) in [4.78, 5) is 19.2. The number of methoxy groups -OCH3 is 1. The average Bonchev–Trinajstić information content (AvgIpc) is 2.70. The smallest absolute Gasteiger partial charge is 0.258 e. The lowest BCUT2D eigenvalue weighted by atomic mass is 9.93. The molecular formula is C24H32BrFN4O2. The van der Waals surface area contributed by atoms with Gasteiger partial charge in [-0.2, -0.15) is 0 Å². The second-order valence-electron chi connectivity index (χ2n) is 8.78. The van der Waals surface area contributed by atoms with Crippen molar-refractivity contribution in [1.29, 1.82) is 0 Å². The summed E-state index contributed by atoms with van der Waals surface area (Å²) in [6.45, 7) is 5.43. The summed E-state index contributed by atoms with van der Waals surface area (Å²) in [5.41, 5.74) is 7.33. The molecule has 2 rings (SSSR count). The highest BCUT2D eigenvalue weighted by molar-refractivity contribution is 9.10. The van der Waals surface area contributed by atoms with E-state index in [-0.39, 0.29) is 16.9 Å². The first-order chi connectivity index (χ1) is 15.0. The SMILES string of the molecule is COc1ccc(Br)cc1CCc1c(F)cccc1C(=O)NC(N)=NCC(C)(C)CN(C)C. The number of carbonyl (C=O) groups excluding carboxylic acids is 1. The number of nitrogens with zero attached hydrogens (tertiary/aromatic N) is 2. The predicted octanol–water partition coefficient (Wildman–Crippen LogP) is 4.01. The highest BCUT2D eigenvalue weighted by Crippen LogP contribution is 2.25. The summed E-state index contributed by atoms with van der Waals surface area (Å²) in [6.07, 6.45) is 0.835. The fourth-order valence-corrected chi connectivity index (χ4v) is 4.06. The molecule has 0 fully saturated rings. The van der Waals surface area contributed by atoms with Gasteiger partial charge >= 0.3 is 0 Å². The lowest BCUT2D eigenvalue weighted by molar-refractivity contribution is 0.0975. The molecule has 0 atom stereocenters. The van der Waals surface area contributed by atoms with E-state index in [2.05, 4.69) is 45.0 Å². The zero-order valence-electron chi connectivity index (χ0n) is 19.3. The molecule has 1 amide bonds. The van der Waals surface area contributed by atoms with Gasteiger partial charge in [0.2, 0.25) is 0 Å². The Bertz CT molecular complexity index is 976. The van der Waals surface area contributed by atoms with Gasteiger partial charge in [-0.15, -0.1) is 0 Å². The Balaban J connectivity index is 2.15. The molecule has 0 aromatic heterocycles. The van der Waals surface area contributed by atoms with Crippen LogP contribution in [0, 0.1) is 11.2 Å². The van der Waals surface area contributed by atoms with E-state index in [4.69, 9.17) is 10.5 Å². The summed E-state index contributed by atoms with van der Waals surface area (Å²) < 4.78 is 21.0. The minimum Gasteiger partial charge on any atom is -0.496 e. The lowest BCUT2D eigenvalue weighted by Gasteiger charge is -2.26. The summed E-state index contributed by atoms with van der Waals surface area (Å²) in [6, 6.07) is 10.1. The highest BCUT2D eigenvalue weighted by atomic mass is 79.9. The normalized spacial score (nSPS) is 12.2. The summed E-state index contributed by atoms with van der Waals surface area (Å²) in [5, 5.41) is 2.60. The first-order valence-corrected chi connectivity index (χ1v) is 11.2. The molecule has 2 aromatic rings. The van der Waals surface area contributed by atoms with Crippen molar-refractivity contribution in [2.45, 2.75) is 26.7 Å². The van der Waals surface area contributed by atoms with Gasteiger partial charge in [0.05, 0.1) is 7.11 Å². The third-order valence-electron chi connectivity index (χ3n) is 4.91. The van der Waals surface area contributed by atoms with Gasteiger partial charge in [0, 0.05) is 28.7 Å². The molecule has 0 spiro atoms. The number of benzene rings is 2. The van der Waals surface area contributed by atoms with Gasteiger partial charge in [-0.1, -0.05) is 35.8 Å². The molecule has 174 valence electrons. The maximum absolute atomic E-state index is 14.7. The number of amides is 1. The summed E-state index contributed by atoms with van der Waals surface area (Å²) in [7, 11) is 5.58. The Labute approximate surface area is 198 Å². The third kappa shape index (κ3) is 7.60. The van der Waals surface area contributed by atoms with Gasteiger partial charge in [-0.25, -0.2) is 4.39 Å². The molecule has 0 radical (unpaired) electrons. The van der Waals surface area contributed by atoms with Crippen LogP contribution in [0.2, 0.25) is 0 Å². The van der Waals surface area contributed by atoms with Crippen LogP contribution in [0.5, 0.6) is 5.75 Å². The molecule has 0 saturated heterocycles. The molecule has 0 saturated carbocycles. The van der Waals surface area contributed by atoms with E-state index in [1.54, 1.807) is 13.2 Å². The lowest BCUT2D eigenvalue weighted by Crippen LogP contribution is -2.39. The third-order valence-corrected chi connectivity index (χ3v) is 5.41. The van der Waals surface area contributed by atoms with Crippen LogP contribution in [0.4, 0.5) is 4.39 Å². The molecule has 0 unspecified atom stereocenters. The quantitative estimate of drug-likeness (QED) is 0.397. The number of carbonyl (C=O) groups is 1. The van der Waals surface area contributed by atoms with Crippen molar-refractivity contribution >= 4 is 27.8 Å². The highest BCUT2D eigenvalue weighted by Gasteiger charge is 2.20. The molecule has 0 bridgehead atoms. The van der Waals surface area contributed by atoms with Crippen LogP contribution in [-0.4, -0.2) is 51.1 Å². The van der Waals surface area contributed by atoms with Crippen LogP contribution >= 0.6 is 15.9 Å². The van der Waals surface area contributed by atoms with E-state index >= 15 is 0 Å². The Kier molecular flexibility index (Phi) is 9.21. The van der Waals surface area contributed by atoms with Crippen molar-refractivity contribution in [3.05, 3.63) is 63.4 Å². The fourth-order valence-electron chi connectivity index (χ4n) is 3.66. The van der Waals surface area contributed by atoms with Crippen molar-refractivity contribution in [3.63, 3.8) is 0 Å².